The van der Waals surface area contributed by atoms with Gasteiger partial charge >= 0.3 is 6.09 Å². The van der Waals surface area contributed by atoms with Gasteiger partial charge in [0.05, 0.1) is 12.2 Å². The summed E-state index contributed by atoms with van der Waals surface area (Å²) in [6.45, 7) is 3.29. The van der Waals surface area contributed by atoms with Gasteiger partial charge in [-0.25, -0.2) is 9.78 Å². The summed E-state index contributed by atoms with van der Waals surface area (Å²) >= 11 is 0. The van der Waals surface area contributed by atoms with Crippen LogP contribution in [0.1, 0.15) is 30.1 Å². The highest BCUT2D eigenvalue weighted by molar-refractivity contribution is 5.94. The number of hydrogen-bond donors (Lipinski definition) is 1. The molecule has 1 atom stereocenters. The van der Waals surface area contributed by atoms with Gasteiger partial charge in [-0.2, -0.15) is 0 Å². The zero-order chi connectivity index (χ0) is 16.8. The van der Waals surface area contributed by atoms with Crippen LogP contribution in [-0.4, -0.2) is 61.7 Å². The Balaban J connectivity index is 1.97. The van der Waals surface area contributed by atoms with E-state index in [4.69, 9.17) is 4.74 Å². The minimum Gasteiger partial charge on any atom is -0.450 e. The summed E-state index contributed by atoms with van der Waals surface area (Å²) in [5.74, 6) is 0.750. The third kappa shape index (κ3) is 4.58. The third-order valence-corrected chi connectivity index (χ3v) is 3.76. The number of carbonyl (C=O) groups is 2. The largest absolute Gasteiger partial charge is 0.450 e. The predicted molar refractivity (Wildman–Crippen MR) is 87.6 cm³/mol. The standard InChI is InChI=1S/C16H24N4O3/c1-4-23-16(22)18-13-6-5-9-20(11-13)15(21)12-7-8-14(17-10-12)19(2)3/h7-8,10,13H,4-6,9,11H2,1-3H3,(H,18,22). The Morgan fingerprint density at radius 3 is 2.83 bits per heavy atom. The zero-order valence-electron chi connectivity index (χ0n) is 13.9. The summed E-state index contributed by atoms with van der Waals surface area (Å²) in [6, 6.07) is 3.54. The van der Waals surface area contributed by atoms with Gasteiger partial charge in [0, 0.05) is 39.4 Å². The number of likely N-dealkylation sites (tertiary alicyclic amines) is 1. The van der Waals surface area contributed by atoms with Crippen molar-refractivity contribution in [2.75, 3.05) is 38.7 Å². The summed E-state index contributed by atoms with van der Waals surface area (Å²) in [6.07, 6.45) is 2.87. The normalized spacial score (nSPS) is 17.5. The Labute approximate surface area is 136 Å². The van der Waals surface area contributed by atoms with Crippen LogP contribution in [0.5, 0.6) is 0 Å². The SMILES string of the molecule is CCOC(=O)NC1CCCN(C(=O)c2ccc(N(C)C)nc2)C1. The molecule has 2 heterocycles. The minimum atomic E-state index is -0.427. The van der Waals surface area contributed by atoms with Crippen molar-refractivity contribution in [3.63, 3.8) is 0 Å². The van der Waals surface area contributed by atoms with Crippen LogP contribution in [0.2, 0.25) is 0 Å². The van der Waals surface area contributed by atoms with Crippen molar-refractivity contribution in [1.82, 2.24) is 15.2 Å². The Hall–Kier alpha value is -2.31. The molecular weight excluding hydrogens is 296 g/mol. The fraction of sp³-hybridized carbons (Fsp3) is 0.562. The number of ether oxygens (including phenoxy) is 1. The number of nitrogens with one attached hydrogen (secondary N) is 1. The molecule has 7 nitrogen and oxygen atoms in total. The quantitative estimate of drug-likeness (QED) is 0.910. The van der Waals surface area contributed by atoms with E-state index < -0.39 is 6.09 Å². The van der Waals surface area contributed by atoms with Crippen molar-refractivity contribution in [2.45, 2.75) is 25.8 Å². The molecule has 0 saturated carbocycles. The summed E-state index contributed by atoms with van der Waals surface area (Å²) in [5.41, 5.74) is 0.562. The molecule has 2 rings (SSSR count). The number of carbonyl (C=O) groups excluding carboxylic acids is 2. The van der Waals surface area contributed by atoms with Crippen molar-refractivity contribution in [2.24, 2.45) is 0 Å². The maximum Gasteiger partial charge on any atom is 0.407 e. The number of pyridine rings is 1. The molecule has 1 aliphatic heterocycles. The van der Waals surface area contributed by atoms with Crippen molar-refractivity contribution < 1.29 is 14.3 Å². The number of anilines is 1. The number of piperidine rings is 1. The maximum absolute atomic E-state index is 12.6. The number of rotatable bonds is 4. The van der Waals surface area contributed by atoms with Gasteiger partial charge in [-0.3, -0.25) is 4.79 Å². The fourth-order valence-electron chi connectivity index (χ4n) is 2.58. The van der Waals surface area contributed by atoms with Crippen LogP contribution < -0.4 is 10.2 Å². The first-order valence-electron chi connectivity index (χ1n) is 7.87. The smallest absolute Gasteiger partial charge is 0.407 e. The number of hydrogen-bond acceptors (Lipinski definition) is 5. The Morgan fingerprint density at radius 1 is 1.43 bits per heavy atom. The first-order valence-corrected chi connectivity index (χ1v) is 7.87. The molecule has 1 fully saturated rings. The van der Waals surface area contributed by atoms with Gasteiger partial charge in [0.15, 0.2) is 0 Å². The minimum absolute atomic E-state index is 0.0573. The first kappa shape index (κ1) is 17.1. The molecule has 0 bridgehead atoms. The number of nitrogens with zero attached hydrogens (tertiary/aromatic N) is 3. The molecule has 0 aromatic carbocycles. The average Bonchev–Trinajstić information content (AvgIpc) is 2.54. The molecule has 23 heavy (non-hydrogen) atoms. The number of amides is 2. The molecule has 2 amide bonds. The molecule has 0 aliphatic carbocycles. The molecule has 7 heteroatoms. The molecule has 1 unspecified atom stereocenters. The molecular formula is C16H24N4O3. The second-order valence-corrected chi connectivity index (χ2v) is 5.75. The lowest BCUT2D eigenvalue weighted by atomic mass is 10.0. The van der Waals surface area contributed by atoms with Crippen LogP contribution in [0.15, 0.2) is 18.3 Å². The monoisotopic (exact) mass is 320 g/mol. The molecule has 0 radical (unpaired) electrons. The lowest BCUT2D eigenvalue weighted by Crippen LogP contribution is -2.49. The van der Waals surface area contributed by atoms with Crippen molar-refractivity contribution in [3.05, 3.63) is 23.9 Å². The highest BCUT2D eigenvalue weighted by Crippen LogP contribution is 2.15. The number of alkyl carbamates (subject to hydrolysis) is 1. The van der Waals surface area contributed by atoms with Gasteiger partial charge in [0.1, 0.15) is 5.82 Å². The van der Waals surface area contributed by atoms with Gasteiger partial charge in [-0.15, -0.1) is 0 Å². The zero-order valence-corrected chi connectivity index (χ0v) is 13.9. The lowest BCUT2D eigenvalue weighted by molar-refractivity contribution is 0.0685. The van der Waals surface area contributed by atoms with E-state index in [-0.39, 0.29) is 11.9 Å². The summed E-state index contributed by atoms with van der Waals surface area (Å²) in [5, 5.41) is 2.80. The second-order valence-electron chi connectivity index (χ2n) is 5.75. The van der Waals surface area contributed by atoms with Crippen LogP contribution in [0.3, 0.4) is 0 Å². The van der Waals surface area contributed by atoms with E-state index >= 15 is 0 Å². The molecule has 1 aromatic rings. The van der Waals surface area contributed by atoms with E-state index in [1.165, 1.54) is 0 Å². The molecule has 1 aromatic heterocycles. The van der Waals surface area contributed by atoms with E-state index in [0.29, 0.717) is 25.3 Å². The summed E-state index contributed by atoms with van der Waals surface area (Å²) < 4.78 is 4.89. The fourth-order valence-corrected chi connectivity index (χ4v) is 2.58. The van der Waals surface area contributed by atoms with Crippen molar-refractivity contribution >= 4 is 17.8 Å². The summed E-state index contributed by atoms with van der Waals surface area (Å²) in [7, 11) is 3.81. The van der Waals surface area contributed by atoms with Gasteiger partial charge < -0.3 is 19.9 Å². The molecule has 1 saturated heterocycles. The van der Waals surface area contributed by atoms with Crippen molar-refractivity contribution in [1.29, 1.82) is 0 Å². The van der Waals surface area contributed by atoms with Gasteiger partial charge in [-0.1, -0.05) is 0 Å². The molecule has 1 N–H and O–H groups in total. The van der Waals surface area contributed by atoms with E-state index in [2.05, 4.69) is 10.3 Å². The van der Waals surface area contributed by atoms with E-state index in [9.17, 15) is 9.59 Å². The van der Waals surface area contributed by atoms with Gasteiger partial charge in [-0.05, 0) is 31.9 Å². The third-order valence-electron chi connectivity index (χ3n) is 3.76. The molecule has 0 spiro atoms. The Morgan fingerprint density at radius 2 is 2.22 bits per heavy atom. The molecule has 126 valence electrons. The van der Waals surface area contributed by atoms with E-state index in [1.54, 1.807) is 24.1 Å². The van der Waals surface area contributed by atoms with Gasteiger partial charge in [0.2, 0.25) is 0 Å². The highest BCUT2D eigenvalue weighted by atomic mass is 16.5. The Bertz CT molecular complexity index is 545. The van der Waals surface area contributed by atoms with Crippen LogP contribution >= 0.6 is 0 Å². The van der Waals surface area contributed by atoms with E-state index in [0.717, 1.165) is 18.7 Å². The van der Waals surface area contributed by atoms with Crippen LogP contribution in [0, 0.1) is 0 Å². The van der Waals surface area contributed by atoms with Crippen LogP contribution in [0.25, 0.3) is 0 Å². The molecule has 1 aliphatic rings. The van der Waals surface area contributed by atoms with Crippen LogP contribution in [-0.2, 0) is 4.74 Å². The lowest BCUT2D eigenvalue weighted by Gasteiger charge is -2.33. The predicted octanol–water partition coefficient (Wildman–Crippen LogP) is 1.50. The summed E-state index contributed by atoms with van der Waals surface area (Å²) in [4.78, 5) is 32.0. The van der Waals surface area contributed by atoms with E-state index in [1.807, 2.05) is 25.1 Å². The van der Waals surface area contributed by atoms with Gasteiger partial charge in [0.25, 0.3) is 5.91 Å². The first-order chi connectivity index (χ1) is 11.0. The topological polar surface area (TPSA) is 74.8 Å². The van der Waals surface area contributed by atoms with Crippen molar-refractivity contribution in [3.8, 4) is 0 Å². The number of aromatic nitrogens is 1. The Kier molecular flexibility index (Phi) is 5.78. The highest BCUT2D eigenvalue weighted by Gasteiger charge is 2.26. The average molecular weight is 320 g/mol. The van der Waals surface area contributed by atoms with Crippen LogP contribution in [0.4, 0.5) is 10.6 Å². The second kappa shape index (κ2) is 7.80. The maximum atomic E-state index is 12.6.